The van der Waals surface area contributed by atoms with E-state index in [2.05, 4.69) is 0 Å². The van der Waals surface area contributed by atoms with Crippen molar-refractivity contribution in [3.05, 3.63) is 35.9 Å². The lowest BCUT2D eigenvalue weighted by Crippen LogP contribution is -2.52. The lowest BCUT2D eigenvalue weighted by atomic mass is 10.1. The van der Waals surface area contributed by atoms with E-state index in [0.717, 1.165) is 0 Å². The maximum absolute atomic E-state index is 12.5. The minimum Gasteiger partial charge on any atom is -0.480 e. The molecule has 0 radical (unpaired) electrons. The van der Waals surface area contributed by atoms with Crippen molar-refractivity contribution in [1.29, 1.82) is 0 Å². The summed E-state index contributed by atoms with van der Waals surface area (Å²) >= 11 is 0. The molecule has 0 unspecified atom stereocenters. The van der Waals surface area contributed by atoms with Gasteiger partial charge in [0.2, 0.25) is 5.91 Å². The van der Waals surface area contributed by atoms with Gasteiger partial charge < -0.3 is 21.3 Å². The summed E-state index contributed by atoms with van der Waals surface area (Å²) in [7, 11) is 0. The van der Waals surface area contributed by atoms with E-state index in [-0.39, 0.29) is 18.4 Å². The second-order valence-corrected chi connectivity index (χ2v) is 5.00. The van der Waals surface area contributed by atoms with Gasteiger partial charge in [0.05, 0.1) is 0 Å². The summed E-state index contributed by atoms with van der Waals surface area (Å²) in [6.07, 6.45) is -2.19. The number of carbonyl (C=O) groups excluding carboxylic acids is 3. The Kier molecular flexibility index (Phi) is 7.07. The minimum atomic E-state index is -1.56. The second-order valence-electron chi connectivity index (χ2n) is 5.00. The fraction of sp³-hybridized carbons (Fsp3) is 0.267. The molecular weight excluding hydrogens is 334 g/mol. The number of amides is 4. The van der Waals surface area contributed by atoms with Gasteiger partial charge in [0, 0.05) is 12.0 Å². The lowest BCUT2D eigenvalue weighted by molar-refractivity contribution is -0.143. The van der Waals surface area contributed by atoms with Gasteiger partial charge >= 0.3 is 12.1 Å². The van der Waals surface area contributed by atoms with E-state index in [1.165, 1.54) is 24.3 Å². The van der Waals surface area contributed by atoms with E-state index in [1.54, 1.807) is 6.07 Å². The molecule has 10 nitrogen and oxygen atoms in total. The van der Waals surface area contributed by atoms with Crippen LogP contribution in [0.3, 0.4) is 0 Å². The number of carbonyl (C=O) groups is 5. The van der Waals surface area contributed by atoms with Crippen LogP contribution in [-0.4, -0.2) is 57.5 Å². The first-order valence-corrected chi connectivity index (χ1v) is 7.12. The first kappa shape index (κ1) is 19.6. The van der Waals surface area contributed by atoms with Crippen LogP contribution in [-0.2, 0) is 14.4 Å². The third-order valence-electron chi connectivity index (χ3n) is 3.10. The highest BCUT2D eigenvalue weighted by Crippen LogP contribution is 2.09. The monoisotopic (exact) mass is 351 g/mol. The number of primary amides is 1. The zero-order valence-corrected chi connectivity index (χ0v) is 13.0. The van der Waals surface area contributed by atoms with Crippen molar-refractivity contribution in [2.24, 2.45) is 5.73 Å². The Morgan fingerprint density at radius 2 is 1.68 bits per heavy atom. The summed E-state index contributed by atoms with van der Waals surface area (Å²) in [5.41, 5.74) is 5.04. The molecule has 5 N–H and O–H groups in total. The van der Waals surface area contributed by atoms with Crippen LogP contribution < -0.4 is 11.1 Å². The third-order valence-corrected chi connectivity index (χ3v) is 3.10. The van der Waals surface area contributed by atoms with Gasteiger partial charge in [-0.3, -0.25) is 24.1 Å². The molecule has 134 valence electrons. The number of carboxylic acid groups (broad SMARTS) is 2. The van der Waals surface area contributed by atoms with Gasteiger partial charge in [-0.2, -0.15) is 0 Å². The molecule has 0 saturated heterocycles. The Morgan fingerprint density at radius 1 is 1.08 bits per heavy atom. The van der Waals surface area contributed by atoms with E-state index >= 15 is 0 Å². The first-order valence-electron chi connectivity index (χ1n) is 7.12. The standard InChI is InChI=1S/C15H17N3O7/c16-11(19)7-6-10(17-15(24)25)14(23)18(8-12(20)21)13(22)9-4-2-1-3-5-9/h1-5,10,17H,6-8H2,(H2,16,19)(H,20,21)(H,24,25)/t10-/m0/s1. The molecule has 0 aliphatic carbocycles. The highest BCUT2D eigenvalue weighted by atomic mass is 16.4. The topological polar surface area (TPSA) is 167 Å². The predicted molar refractivity (Wildman–Crippen MR) is 83.5 cm³/mol. The number of carboxylic acids is 1. The Labute approximate surface area is 142 Å². The van der Waals surface area contributed by atoms with E-state index < -0.39 is 42.4 Å². The van der Waals surface area contributed by atoms with Crippen molar-refractivity contribution in [1.82, 2.24) is 10.2 Å². The number of benzene rings is 1. The molecular formula is C15H17N3O7. The molecule has 4 amide bonds. The summed E-state index contributed by atoms with van der Waals surface area (Å²) in [6.45, 7) is -0.957. The zero-order chi connectivity index (χ0) is 19.0. The fourth-order valence-electron chi connectivity index (χ4n) is 2.00. The van der Waals surface area contributed by atoms with Gasteiger partial charge in [-0.1, -0.05) is 18.2 Å². The average molecular weight is 351 g/mol. The van der Waals surface area contributed by atoms with Crippen molar-refractivity contribution >= 4 is 29.8 Å². The molecule has 1 aromatic carbocycles. The highest BCUT2D eigenvalue weighted by molar-refractivity contribution is 6.08. The third kappa shape index (κ3) is 6.29. The Hall–Kier alpha value is -3.43. The van der Waals surface area contributed by atoms with Crippen LogP contribution in [0.25, 0.3) is 0 Å². The Balaban J connectivity index is 3.10. The van der Waals surface area contributed by atoms with Crippen LogP contribution in [0.15, 0.2) is 30.3 Å². The maximum atomic E-state index is 12.5. The SMILES string of the molecule is NC(=O)CC[C@H](NC(=O)O)C(=O)N(CC(=O)O)C(=O)c1ccccc1. The molecule has 1 rings (SSSR count). The van der Waals surface area contributed by atoms with Crippen LogP contribution in [0.1, 0.15) is 23.2 Å². The lowest BCUT2D eigenvalue weighted by Gasteiger charge is -2.24. The molecule has 0 fully saturated rings. The normalized spacial score (nSPS) is 11.2. The summed E-state index contributed by atoms with van der Waals surface area (Å²) in [6, 6.07) is 5.95. The molecule has 0 aromatic heterocycles. The Bertz CT molecular complexity index is 675. The van der Waals surface area contributed by atoms with Crippen molar-refractivity contribution in [3.8, 4) is 0 Å². The van der Waals surface area contributed by atoms with Crippen LogP contribution in [0, 0.1) is 0 Å². The molecule has 0 aliphatic rings. The molecule has 0 aliphatic heterocycles. The quantitative estimate of drug-likeness (QED) is 0.496. The number of rotatable bonds is 8. The number of hydrogen-bond donors (Lipinski definition) is 4. The largest absolute Gasteiger partial charge is 0.480 e. The molecule has 1 atom stereocenters. The zero-order valence-electron chi connectivity index (χ0n) is 13.0. The van der Waals surface area contributed by atoms with E-state index in [9.17, 15) is 24.0 Å². The molecule has 25 heavy (non-hydrogen) atoms. The smallest absolute Gasteiger partial charge is 0.405 e. The van der Waals surface area contributed by atoms with Gasteiger partial charge in [0.25, 0.3) is 11.8 Å². The maximum Gasteiger partial charge on any atom is 0.405 e. The minimum absolute atomic E-state index is 0.0566. The van der Waals surface area contributed by atoms with Crippen molar-refractivity contribution in [2.45, 2.75) is 18.9 Å². The number of imide groups is 1. The molecule has 10 heteroatoms. The average Bonchev–Trinajstić information content (AvgIpc) is 2.55. The number of hydrogen-bond acceptors (Lipinski definition) is 5. The van der Waals surface area contributed by atoms with E-state index in [0.29, 0.717) is 4.90 Å². The van der Waals surface area contributed by atoms with Crippen LogP contribution in [0.2, 0.25) is 0 Å². The summed E-state index contributed by atoms with van der Waals surface area (Å²) in [5.74, 6) is -4.21. The van der Waals surface area contributed by atoms with Gasteiger partial charge in [0.15, 0.2) is 0 Å². The number of nitrogens with one attached hydrogen (secondary N) is 1. The van der Waals surface area contributed by atoms with Gasteiger partial charge in [-0.05, 0) is 18.6 Å². The molecule has 0 heterocycles. The van der Waals surface area contributed by atoms with Crippen LogP contribution in [0.4, 0.5) is 4.79 Å². The van der Waals surface area contributed by atoms with E-state index in [1.807, 2.05) is 5.32 Å². The summed E-state index contributed by atoms with van der Waals surface area (Å²) < 4.78 is 0. The first-order chi connectivity index (χ1) is 11.7. The van der Waals surface area contributed by atoms with Gasteiger partial charge in [-0.25, -0.2) is 4.79 Å². The van der Waals surface area contributed by atoms with Gasteiger partial charge in [-0.15, -0.1) is 0 Å². The number of nitrogens with two attached hydrogens (primary N) is 1. The molecule has 0 spiro atoms. The van der Waals surface area contributed by atoms with Gasteiger partial charge in [0.1, 0.15) is 12.6 Å². The molecule has 1 aromatic rings. The van der Waals surface area contributed by atoms with Crippen molar-refractivity contribution < 1.29 is 34.2 Å². The Morgan fingerprint density at radius 3 is 2.16 bits per heavy atom. The summed E-state index contributed by atoms with van der Waals surface area (Å²) in [5, 5.41) is 19.6. The number of nitrogens with zero attached hydrogens (tertiary/aromatic N) is 1. The van der Waals surface area contributed by atoms with Crippen LogP contribution in [0.5, 0.6) is 0 Å². The number of aliphatic carboxylic acids is 1. The fourth-order valence-corrected chi connectivity index (χ4v) is 2.00. The highest BCUT2D eigenvalue weighted by Gasteiger charge is 2.32. The van der Waals surface area contributed by atoms with Crippen molar-refractivity contribution in [3.63, 3.8) is 0 Å². The van der Waals surface area contributed by atoms with Crippen molar-refractivity contribution in [2.75, 3.05) is 6.54 Å². The predicted octanol–water partition coefficient (Wildman–Crippen LogP) is -0.358. The summed E-state index contributed by atoms with van der Waals surface area (Å²) in [4.78, 5) is 58.1. The molecule has 0 saturated carbocycles. The van der Waals surface area contributed by atoms with Crippen LogP contribution >= 0.6 is 0 Å². The second kappa shape index (κ2) is 9.01. The van der Waals surface area contributed by atoms with E-state index in [4.69, 9.17) is 15.9 Å². The molecule has 0 bridgehead atoms.